The van der Waals surface area contributed by atoms with Crippen LogP contribution in [0.2, 0.25) is 0 Å². The van der Waals surface area contributed by atoms with Gasteiger partial charge in [-0.3, -0.25) is 4.68 Å². The highest BCUT2D eigenvalue weighted by Crippen LogP contribution is 2.29. The predicted molar refractivity (Wildman–Crippen MR) is 37.5 cm³/mol. The van der Waals surface area contributed by atoms with Gasteiger partial charge >= 0.3 is 0 Å². The van der Waals surface area contributed by atoms with E-state index in [-0.39, 0.29) is 5.82 Å². The maximum Gasteiger partial charge on any atom is 0.252 e. The molecule has 0 bridgehead atoms. The highest BCUT2D eigenvalue weighted by molar-refractivity contribution is 5.05. The van der Waals surface area contributed by atoms with Gasteiger partial charge in [0.05, 0.1) is 0 Å². The number of nitriles is 1. The second kappa shape index (κ2) is 2.35. The van der Waals surface area contributed by atoms with E-state index in [2.05, 4.69) is 10.1 Å². The summed E-state index contributed by atoms with van der Waals surface area (Å²) in [6, 6.07) is 1.90. The predicted octanol–water partition coefficient (Wildman–Crippen LogP) is 0.560. The fraction of sp³-hybridized carbons (Fsp3) is 0.571. The van der Waals surface area contributed by atoms with Crippen LogP contribution < -0.4 is 0 Å². The molecule has 0 atom stereocenters. The molecule has 0 spiro atoms. The van der Waals surface area contributed by atoms with Crippen molar-refractivity contribution in [2.75, 3.05) is 0 Å². The molecule has 1 aromatic rings. The number of aromatic nitrogens is 3. The van der Waals surface area contributed by atoms with Crippen molar-refractivity contribution in [2.45, 2.75) is 19.4 Å². The molecule has 0 aliphatic heterocycles. The summed E-state index contributed by atoms with van der Waals surface area (Å²) < 4.78 is 1.75. The van der Waals surface area contributed by atoms with Crippen molar-refractivity contribution < 1.29 is 0 Å². The number of nitrogens with zero attached hydrogens (tertiary/aromatic N) is 4. The van der Waals surface area contributed by atoms with Crippen LogP contribution in [-0.2, 0) is 6.54 Å². The fourth-order valence-corrected chi connectivity index (χ4v) is 0.999. The summed E-state index contributed by atoms with van der Waals surface area (Å²) in [4.78, 5) is 3.81. The molecule has 4 heteroatoms. The lowest BCUT2D eigenvalue weighted by Crippen LogP contribution is -1.99. The molecule has 0 radical (unpaired) electrons. The Balaban J connectivity index is 2.07. The van der Waals surface area contributed by atoms with Crippen LogP contribution in [0, 0.1) is 17.2 Å². The number of hydrogen-bond donors (Lipinski definition) is 0. The second-order valence-electron chi connectivity index (χ2n) is 2.85. The average Bonchev–Trinajstić information content (AvgIpc) is 2.68. The Morgan fingerprint density at radius 2 is 2.55 bits per heavy atom. The van der Waals surface area contributed by atoms with Crippen LogP contribution >= 0.6 is 0 Å². The van der Waals surface area contributed by atoms with Crippen LogP contribution in [0.1, 0.15) is 18.7 Å². The molecule has 4 nitrogen and oxygen atoms in total. The van der Waals surface area contributed by atoms with E-state index < -0.39 is 0 Å². The first kappa shape index (κ1) is 6.35. The van der Waals surface area contributed by atoms with Crippen molar-refractivity contribution in [3.05, 3.63) is 12.2 Å². The summed E-state index contributed by atoms with van der Waals surface area (Å²) in [6.45, 7) is 0.925. The molecular weight excluding hydrogens is 140 g/mol. The largest absolute Gasteiger partial charge is 0.252 e. The fourth-order valence-electron chi connectivity index (χ4n) is 0.999. The van der Waals surface area contributed by atoms with Gasteiger partial charge in [0.1, 0.15) is 12.4 Å². The van der Waals surface area contributed by atoms with Crippen molar-refractivity contribution >= 4 is 0 Å². The lowest BCUT2D eigenvalue weighted by atomic mass is 10.4. The van der Waals surface area contributed by atoms with Crippen LogP contribution in [0.3, 0.4) is 0 Å². The smallest absolute Gasteiger partial charge is 0.251 e. The Morgan fingerprint density at radius 3 is 3.09 bits per heavy atom. The van der Waals surface area contributed by atoms with Gasteiger partial charge in [0, 0.05) is 6.54 Å². The monoisotopic (exact) mass is 148 g/mol. The van der Waals surface area contributed by atoms with Gasteiger partial charge in [0.2, 0.25) is 0 Å². The van der Waals surface area contributed by atoms with Crippen LogP contribution in [0.4, 0.5) is 0 Å². The molecule has 0 aromatic carbocycles. The summed E-state index contributed by atoms with van der Waals surface area (Å²) in [7, 11) is 0. The Hall–Kier alpha value is -1.37. The molecule has 0 amide bonds. The zero-order chi connectivity index (χ0) is 7.68. The van der Waals surface area contributed by atoms with Gasteiger partial charge in [-0.15, -0.1) is 5.10 Å². The van der Waals surface area contributed by atoms with Crippen LogP contribution in [0.5, 0.6) is 0 Å². The molecule has 11 heavy (non-hydrogen) atoms. The quantitative estimate of drug-likeness (QED) is 0.615. The standard InChI is InChI=1S/C7H8N4/c8-3-7-9-5-11(10-7)4-6-1-2-6/h5-6H,1-2,4H2. The molecule has 56 valence electrons. The lowest BCUT2D eigenvalue weighted by Gasteiger charge is -1.93. The maximum absolute atomic E-state index is 8.41. The molecule has 1 saturated carbocycles. The zero-order valence-electron chi connectivity index (χ0n) is 6.06. The number of hydrogen-bond acceptors (Lipinski definition) is 3. The average molecular weight is 148 g/mol. The molecule has 0 saturated heterocycles. The molecular formula is C7H8N4. The van der Waals surface area contributed by atoms with Crippen LogP contribution in [0.15, 0.2) is 6.33 Å². The van der Waals surface area contributed by atoms with E-state index in [0.29, 0.717) is 0 Å². The second-order valence-corrected chi connectivity index (χ2v) is 2.85. The van der Waals surface area contributed by atoms with E-state index in [0.717, 1.165) is 12.5 Å². The first-order valence-electron chi connectivity index (χ1n) is 3.68. The van der Waals surface area contributed by atoms with E-state index in [1.54, 1.807) is 11.0 Å². The summed E-state index contributed by atoms with van der Waals surface area (Å²) in [5.74, 6) is 1.05. The molecule has 2 rings (SSSR count). The molecule has 0 unspecified atom stereocenters. The molecule has 1 aliphatic rings. The van der Waals surface area contributed by atoms with Gasteiger partial charge < -0.3 is 0 Å². The van der Waals surface area contributed by atoms with Crippen molar-refractivity contribution in [3.8, 4) is 6.07 Å². The van der Waals surface area contributed by atoms with Gasteiger partial charge in [0.15, 0.2) is 0 Å². The van der Waals surface area contributed by atoms with Gasteiger partial charge in [-0.1, -0.05) is 0 Å². The van der Waals surface area contributed by atoms with E-state index in [4.69, 9.17) is 5.26 Å². The maximum atomic E-state index is 8.41. The highest BCUT2D eigenvalue weighted by Gasteiger charge is 2.22. The summed E-state index contributed by atoms with van der Waals surface area (Å²) in [5, 5.41) is 12.4. The van der Waals surface area contributed by atoms with Crippen LogP contribution in [-0.4, -0.2) is 14.8 Å². The highest BCUT2D eigenvalue weighted by atomic mass is 15.3. The third kappa shape index (κ3) is 1.37. The SMILES string of the molecule is N#Cc1ncn(CC2CC2)n1. The minimum atomic E-state index is 0.269. The Labute approximate surface area is 64.5 Å². The van der Waals surface area contributed by atoms with E-state index in [1.807, 2.05) is 6.07 Å². The van der Waals surface area contributed by atoms with Crippen molar-refractivity contribution in [1.29, 1.82) is 5.26 Å². The van der Waals surface area contributed by atoms with Crippen molar-refractivity contribution in [2.24, 2.45) is 5.92 Å². The first-order chi connectivity index (χ1) is 5.38. The first-order valence-corrected chi connectivity index (χ1v) is 3.68. The van der Waals surface area contributed by atoms with Gasteiger partial charge in [-0.25, -0.2) is 4.98 Å². The normalized spacial score (nSPS) is 16.3. The lowest BCUT2D eigenvalue weighted by molar-refractivity contribution is 0.560. The van der Waals surface area contributed by atoms with E-state index >= 15 is 0 Å². The van der Waals surface area contributed by atoms with Crippen molar-refractivity contribution in [3.63, 3.8) is 0 Å². The Morgan fingerprint density at radius 1 is 1.73 bits per heavy atom. The topological polar surface area (TPSA) is 54.5 Å². The Bertz CT molecular complexity index is 292. The molecule has 1 heterocycles. The van der Waals surface area contributed by atoms with E-state index in [1.165, 1.54) is 12.8 Å². The molecule has 0 N–H and O–H groups in total. The summed E-state index contributed by atoms with van der Waals surface area (Å²) >= 11 is 0. The summed E-state index contributed by atoms with van der Waals surface area (Å²) in [6.07, 6.45) is 4.21. The molecule has 1 aromatic heterocycles. The Kier molecular flexibility index (Phi) is 1.35. The minimum Gasteiger partial charge on any atom is -0.251 e. The van der Waals surface area contributed by atoms with Crippen LogP contribution in [0.25, 0.3) is 0 Å². The third-order valence-electron chi connectivity index (χ3n) is 1.78. The van der Waals surface area contributed by atoms with Gasteiger partial charge in [-0.05, 0) is 18.8 Å². The third-order valence-corrected chi connectivity index (χ3v) is 1.78. The van der Waals surface area contributed by atoms with E-state index in [9.17, 15) is 0 Å². The zero-order valence-corrected chi connectivity index (χ0v) is 6.06. The number of rotatable bonds is 2. The summed E-state index contributed by atoms with van der Waals surface area (Å²) in [5.41, 5.74) is 0. The van der Waals surface area contributed by atoms with Gasteiger partial charge in [-0.2, -0.15) is 5.26 Å². The minimum absolute atomic E-state index is 0.269. The van der Waals surface area contributed by atoms with Gasteiger partial charge in [0.25, 0.3) is 5.82 Å². The molecule has 1 fully saturated rings. The van der Waals surface area contributed by atoms with Crippen molar-refractivity contribution in [1.82, 2.24) is 14.8 Å². The molecule has 1 aliphatic carbocycles.